The van der Waals surface area contributed by atoms with E-state index in [1.807, 2.05) is 12.1 Å². The van der Waals surface area contributed by atoms with Crippen molar-refractivity contribution in [1.82, 2.24) is 15.3 Å². The smallest absolute Gasteiger partial charge is 0.358 e. The zero-order chi connectivity index (χ0) is 11.0. The summed E-state index contributed by atoms with van der Waals surface area (Å²) in [5.41, 5.74) is 3.26. The Morgan fingerprint density at radius 1 is 1.39 bits per heavy atom. The first kappa shape index (κ1) is 15.8. The molecule has 0 spiro atoms. The third-order valence-corrected chi connectivity index (χ3v) is 3.09. The Morgan fingerprint density at radius 2 is 2.22 bits per heavy atom. The molecule has 0 saturated heterocycles. The summed E-state index contributed by atoms with van der Waals surface area (Å²) >= 11 is 6.12. The van der Waals surface area contributed by atoms with Crippen LogP contribution >= 0.6 is 11.6 Å². The summed E-state index contributed by atoms with van der Waals surface area (Å²) in [6.07, 6.45) is 0.975. The number of benzene rings is 1. The number of rotatable bonds is 1. The largest absolute Gasteiger partial charge is 2.00 e. The van der Waals surface area contributed by atoms with Gasteiger partial charge in [-0.25, -0.2) is 4.98 Å². The molecule has 1 aliphatic heterocycles. The van der Waals surface area contributed by atoms with Crippen LogP contribution in [0.15, 0.2) is 18.2 Å². The third kappa shape index (κ3) is 3.00. The zero-order valence-electron chi connectivity index (χ0n) is 10.2. The van der Waals surface area contributed by atoms with Crippen molar-refractivity contribution in [2.75, 3.05) is 6.54 Å². The van der Waals surface area contributed by atoms with Crippen molar-refractivity contribution in [3.63, 3.8) is 0 Å². The van der Waals surface area contributed by atoms with Crippen molar-refractivity contribution in [3.05, 3.63) is 48.1 Å². The number of nitrogens with one attached hydrogen (secondary N) is 2. The normalized spacial score (nSPS) is 13.2. The molecule has 5 heteroatoms. The second-order valence-electron chi connectivity index (χ2n) is 3.84. The monoisotopic (exact) mass is 485 g/mol. The number of nitrogens with zero attached hydrogens (tertiary/aromatic N) is 1. The fourth-order valence-corrected chi connectivity index (χ4v) is 2.16. The van der Waals surface area contributed by atoms with Crippen LogP contribution < -0.4 is 5.32 Å². The Hall–Kier alpha value is -0.268. The zero-order valence-corrected chi connectivity index (χ0v) is 15.1. The van der Waals surface area contributed by atoms with E-state index >= 15 is 0 Å². The molecule has 0 aliphatic carbocycles. The number of halogens is 1. The van der Waals surface area contributed by atoms with E-state index in [1.165, 1.54) is 5.69 Å². The summed E-state index contributed by atoms with van der Waals surface area (Å²) in [6, 6.07) is 8.49. The molecule has 18 heavy (non-hydrogen) atoms. The van der Waals surface area contributed by atoms with Crippen molar-refractivity contribution >= 4 is 11.6 Å². The van der Waals surface area contributed by atoms with E-state index in [0.717, 1.165) is 36.6 Å². The first-order valence-electron chi connectivity index (χ1n) is 5.29. The van der Waals surface area contributed by atoms with Gasteiger partial charge in [-0.1, -0.05) is 10.6 Å². The van der Waals surface area contributed by atoms with Crippen molar-refractivity contribution in [2.45, 2.75) is 13.0 Å². The molecular weight excluding hydrogens is 472 g/mol. The Morgan fingerprint density at radius 3 is 2.94 bits per heavy atom. The molecule has 0 amide bonds. The van der Waals surface area contributed by atoms with Gasteiger partial charge in [-0.2, -0.15) is 35.9 Å². The van der Waals surface area contributed by atoms with Crippen LogP contribution in [0.3, 0.4) is 0 Å². The van der Waals surface area contributed by atoms with Crippen LogP contribution in [0.25, 0.3) is 11.4 Å². The standard InChI is InChI=1S/C12H11ClN3.CH3.U/c13-9-4-2-1-3-8(9)12-15-10-5-6-14-7-11(10)16-12;;/h1,3-4,14H,5-7H2,(H,15,16);1H3;/q2*-1;+2. The number of aromatic amines is 1. The van der Waals surface area contributed by atoms with Crippen molar-refractivity contribution in [2.24, 2.45) is 0 Å². The van der Waals surface area contributed by atoms with Gasteiger partial charge >= 0.3 is 31.1 Å². The topological polar surface area (TPSA) is 40.7 Å². The predicted octanol–water partition coefficient (Wildman–Crippen LogP) is 2.63. The number of hydrogen-bond acceptors (Lipinski definition) is 2. The maximum absolute atomic E-state index is 6.12. The van der Waals surface area contributed by atoms with E-state index in [0.29, 0.717) is 5.02 Å². The maximum Gasteiger partial charge on any atom is 2.00 e. The predicted molar refractivity (Wildman–Crippen MR) is 69.7 cm³/mol. The minimum absolute atomic E-state index is 0. The summed E-state index contributed by atoms with van der Waals surface area (Å²) in [5.74, 6) is 0.854. The minimum atomic E-state index is 0. The van der Waals surface area contributed by atoms with E-state index in [4.69, 9.17) is 11.6 Å². The Kier molecular flexibility index (Phi) is 5.94. The molecule has 3 rings (SSSR count). The van der Waals surface area contributed by atoms with Crippen LogP contribution in [0.5, 0.6) is 0 Å². The summed E-state index contributed by atoms with van der Waals surface area (Å²) in [5, 5.41) is 3.99. The number of H-pyrrole nitrogens is 1. The van der Waals surface area contributed by atoms with E-state index in [2.05, 4.69) is 21.4 Å². The average Bonchev–Trinajstić information content (AvgIpc) is 2.73. The van der Waals surface area contributed by atoms with E-state index in [9.17, 15) is 0 Å². The number of aromatic nitrogens is 2. The minimum Gasteiger partial charge on any atom is -0.358 e. The molecule has 0 radical (unpaired) electrons. The van der Waals surface area contributed by atoms with Gasteiger partial charge in [0.15, 0.2) is 0 Å². The van der Waals surface area contributed by atoms with Crippen LogP contribution in [0.2, 0.25) is 5.02 Å². The summed E-state index contributed by atoms with van der Waals surface area (Å²) in [6.45, 7) is 1.85. The van der Waals surface area contributed by atoms with E-state index in [1.54, 1.807) is 6.07 Å². The molecule has 0 unspecified atom stereocenters. The van der Waals surface area contributed by atoms with Gasteiger partial charge < -0.3 is 17.7 Å². The van der Waals surface area contributed by atoms with Crippen LogP contribution in [-0.4, -0.2) is 16.5 Å². The average molecular weight is 486 g/mol. The molecule has 0 bridgehead atoms. The van der Waals surface area contributed by atoms with Crippen LogP contribution in [-0.2, 0) is 13.0 Å². The van der Waals surface area contributed by atoms with Gasteiger partial charge in [0, 0.05) is 19.5 Å². The van der Waals surface area contributed by atoms with Crippen molar-refractivity contribution in [1.29, 1.82) is 0 Å². The molecule has 1 aromatic heterocycles. The molecule has 2 N–H and O–H groups in total. The Labute approximate surface area is 136 Å². The quantitative estimate of drug-likeness (QED) is 0.610. The second kappa shape index (κ2) is 6.77. The van der Waals surface area contributed by atoms with Crippen molar-refractivity contribution < 1.29 is 31.1 Å². The second-order valence-corrected chi connectivity index (χ2v) is 4.25. The van der Waals surface area contributed by atoms with Gasteiger partial charge in [0.25, 0.3) is 0 Å². The first-order valence-corrected chi connectivity index (χ1v) is 5.67. The van der Waals surface area contributed by atoms with Gasteiger partial charge in [0.2, 0.25) is 0 Å². The molecule has 1 aromatic carbocycles. The molecule has 2 heterocycles. The van der Waals surface area contributed by atoms with Gasteiger partial charge in [-0.3, -0.25) is 0 Å². The Bertz CT molecular complexity index is 501. The van der Waals surface area contributed by atoms with Gasteiger partial charge in [-0.15, -0.1) is 0 Å². The van der Waals surface area contributed by atoms with Gasteiger partial charge in [0.05, 0.1) is 11.4 Å². The van der Waals surface area contributed by atoms with Gasteiger partial charge in [0.1, 0.15) is 5.82 Å². The molecule has 1 aliphatic rings. The van der Waals surface area contributed by atoms with E-state index in [-0.39, 0.29) is 38.5 Å². The molecule has 0 atom stereocenters. The number of hydrogen-bond donors (Lipinski definition) is 2. The molecule has 3 nitrogen and oxygen atoms in total. The van der Waals surface area contributed by atoms with E-state index < -0.39 is 0 Å². The molecular formula is C13H14ClN3U. The fraction of sp³-hybridized carbons (Fsp3) is 0.231. The van der Waals surface area contributed by atoms with Gasteiger partial charge in [-0.05, 0) is 0 Å². The fourth-order valence-electron chi connectivity index (χ4n) is 1.95. The van der Waals surface area contributed by atoms with Crippen LogP contribution in [0.1, 0.15) is 11.4 Å². The summed E-state index contributed by atoms with van der Waals surface area (Å²) in [7, 11) is 0. The Balaban J connectivity index is 0.000000810. The first-order chi connectivity index (χ1) is 7.84. The summed E-state index contributed by atoms with van der Waals surface area (Å²) in [4.78, 5) is 7.91. The SMILES string of the molecule is Clc1c[c-]ccc1-c1nc2c([nH]1)CNCC2.[CH3-].[U+2]. The maximum atomic E-state index is 6.12. The number of fused-ring (bicyclic) bond motifs is 1. The van der Waals surface area contributed by atoms with Crippen LogP contribution in [0.4, 0.5) is 0 Å². The van der Waals surface area contributed by atoms with Crippen molar-refractivity contribution in [3.8, 4) is 11.4 Å². The number of imidazole rings is 1. The summed E-state index contributed by atoms with van der Waals surface area (Å²) < 4.78 is 0. The van der Waals surface area contributed by atoms with Crippen LogP contribution in [0, 0.1) is 44.6 Å². The molecule has 92 valence electrons. The molecule has 0 fully saturated rings. The third-order valence-electron chi connectivity index (χ3n) is 2.77. The molecule has 0 saturated carbocycles. The molecule has 2 aromatic rings.